The fourth-order valence-electron chi connectivity index (χ4n) is 2.93. The lowest BCUT2D eigenvalue weighted by molar-refractivity contribution is -0.128. The van der Waals surface area contributed by atoms with Gasteiger partial charge in [-0.05, 0) is 24.6 Å². The van der Waals surface area contributed by atoms with Gasteiger partial charge in [0, 0.05) is 25.2 Å². The molecule has 1 aliphatic rings. The van der Waals surface area contributed by atoms with Crippen molar-refractivity contribution in [3.8, 4) is 0 Å². The molecule has 3 rings (SSSR count). The molecule has 0 radical (unpaired) electrons. The number of fused-ring (bicyclic) bond motifs is 1. The average molecular weight is 335 g/mol. The lowest BCUT2D eigenvalue weighted by atomic mass is 10.0. The third-order valence-corrected chi connectivity index (χ3v) is 4.33. The average Bonchev–Trinajstić information content (AvgIpc) is 2.77. The Labute approximate surface area is 147 Å². The van der Waals surface area contributed by atoms with E-state index in [1.54, 1.807) is 13.2 Å². The van der Waals surface area contributed by atoms with Gasteiger partial charge in [0.2, 0.25) is 0 Å². The van der Waals surface area contributed by atoms with Gasteiger partial charge in [0.05, 0.1) is 17.1 Å². The summed E-state index contributed by atoms with van der Waals surface area (Å²) in [5.74, 6) is -0.431. The zero-order valence-corrected chi connectivity index (χ0v) is 14.5. The topological polar surface area (TPSA) is 62.6 Å². The van der Waals surface area contributed by atoms with Crippen LogP contribution in [0.5, 0.6) is 0 Å². The first kappa shape index (κ1) is 17.0. The van der Waals surface area contributed by atoms with E-state index in [0.717, 1.165) is 24.1 Å². The summed E-state index contributed by atoms with van der Waals surface area (Å²) in [6.07, 6.45) is 3.70. The summed E-state index contributed by atoms with van der Waals surface area (Å²) >= 11 is 0. The highest BCUT2D eigenvalue weighted by atomic mass is 16.2. The number of para-hydroxylation sites is 1. The van der Waals surface area contributed by atoms with Crippen molar-refractivity contribution in [2.45, 2.75) is 32.2 Å². The Morgan fingerprint density at radius 1 is 1.16 bits per heavy atom. The molecule has 0 bridgehead atoms. The number of likely N-dealkylation sites (N-methyl/N-ethyl adjacent to an activating group) is 1. The van der Waals surface area contributed by atoms with Crippen LogP contribution in [0.1, 0.15) is 37.4 Å². The normalized spacial score (nSPS) is 16.9. The van der Waals surface area contributed by atoms with E-state index in [9.17, 15) is 9.59 Å². The van der Waals surface area contributed by atoms with Crippen molar-refractivity contribution in [3.63, 3.8) is 0 Å². The highest BCUT2D eigenvalue weighted by Gasteiger charge is 2.34. The summed E-state index contributed by atoms with van der Waals surface area (Å²) in [6.45, 7) is 2.02. The smallest absolute Gasteiger partial charge is 0.259 e. The maximum absolute atomic E-state index is 12.9. The summed E-state index contributed by atoms with van der Waals surface area (Å²) in [4.78, 5) is 36.0. The Morgan fingerprint density at radius 2 is 1.92 bits per heavy atom. The zero-order valence-electron chi connectivity index (χ0n) is 14.5. The number of carbonyl (C=O) groups excluding carboxylic acids is 2. The molecule has 128 valence electrons. The fraction of sp³-hybridized carbons (Fsp3) is 0.300. The molecule has 5 heteroatoms. The SMILES string of the molecule is CCCCC(=O)C1N=C(c2ccccn2)c2ccccc2N(C)C1=O. The first-order chi connectivity index (χ1) is 12.1. The Balaban J connectivity index is 2.14. The maximum atomic E-state index is 12.9. The predicted molar refractivity (Wildman–Crippen MR) is 98.0 cm³/mol. The second-order valence-electron chi connectivity index (χ2n) is 6.08. The minimum atomic E-state index is -1.01. The van der Waals surface area contributed by atoms with Crippen LogP contribution in [0.15, 0.2) is 53.7 Å². The number of rotatable bonds is 5. The number of aromatic nitrogens is 1. The quantitative estimate of drug-likeness (QED) is 0.789. The molecule has 0 N–H and O–H groups in total. The van der Waals surface area contributed by atoms with E-state index in [2.05, 4.69) is 9.98 Å². The van der Waals surface area contributed by atoms with E-state index >= 15 is 0 Å². The number of ketones is 1. The van der Waals surface area contributed by atoms with Gasteiger partial charge in [0.15, 0.2) is 11.8 Å². The third kappa shape index (κ3) is 3.36. The van der Waals surface area contributed by atoms with Gasteiger partial charge in [0.25, 0.3) is 5.91 Å². The van der Waals surface area contributed by atoms with Crippen LogP contribution in [0.4, 0.5) is 5.69 Å². The Kier molecular flexibility index (Phi) is 5.03. The molecule has 1 amide bonds. The number of nitrogens with zero attached hydrogens (tertiary/aromatic N) is 3. The van der Waals surface area contributed by atoms with Crippen molar-refractivity contribution < 1.29 is 9.59 Å². The molecule has 5 nitrogen and oxygen atoms in total. The third-order valence-electron chi connectivity index (χ3n) is 4.33. The van der Waals surface area contributed by atoms with Gasteiger partial charge >= 0.3 is 0 Å². The molecule has 25 heavy (non-hydrogen) atoms. The van der Waals surface area contributed by atoms with Crippen LogP contribution in [-0.4, -0.2) is 35.5 Å². The zero-order chi connectivity index (χ0) is 17.8. The molecule has 0 aliphatic carbocycles. The molecule has 1 aliphatic heterocycles. The van der Waals surface area contributed by atoms with Gasteiger partial charge in [-0.3, -0.25) is 19.6 Å². The molecule has 0 saturated carbocycles. The van der Waals surface area contributed by atoms with Gasteiger partial charge in [0.1, 0.15) is 0 Å². The number of hydrogen-bond donors (Lipinski definition) is 0. The molecule has 1 unspecified atom stereocenters. The van der Waals surface area contributed by atoms with Crippen LogP contribution in [0.2, 0.25) is 0 Å². The summed E-state index contributed by atoms with van der Waals surface area (Å²) < 4.78 is 0. The summed E-state index contributed by atoms with van der Waals surface area (Å²) in [5.41, 5.74) is 2.79. The Hall–Kier alpha value is -2.82. The van der Waals surface area contributed by atoms with Crippen LogP contribution in [-0.2, 0) is 9.59 Å². The number of unbranched alkanes of at least 4 members (excludes halogenated alkanes) is 1. The van der Waals surface area contributed by atoms with E-state index in [-0.39, 0.29) is 11.7 Å². The van der Waals surface area contributed by atoms with Crippen LogP contribution < -0.4 is 4.90 Å². The van der Waals surface area contributed by atoms with Gasteiger partial charge in [-0.2, -0.15) is 0 Å². The second kappa shape index (κ2) is 7.38. The summed E-state index contributed by atoms with van der Waals surface area (Å²) in [6, 6.07) is 12.1. The molecule has 2 aromatic rings. The van der Waals surface area contributed by atoms with Crippen LogP contribution in [0.3, 0.4) is 0 Å². The van der Waals surface area contributed by atoms with Crippen molar-refractivity contribution >= 4 is 23.1 Å². The number of aliphatic imine (C=N–C) groups is 1. The first-order valence-electron chi connectivity index (χ1n) is 8.52. The molecule has 0 spiro atoms. The summed E-state index contributed by atoms with van der Waals surface area (Å²) in [5, 5.41) is 0. The van der Waals surface area contributed by atoms with E-state index in [4.69, 9.17) is 0 Å². The Bertz CT molecular complexity index is 815. The number of amides is 1. The number of Topliss-reactive ketones (excluding diaryl/α,β-unsaturated/α-hetero) is 1. The van der Waals surface area contributed by atoms with E-state index < -0.39 is 6.04 Å². The molecule has 0 saturated heterocycles. The highest BCUT2D eigenvalue weighted by molar-refractivity contribution is 6.23. The van der Waals surface area contributed by atoms with Crippen LogP contribution in [0, 0.1) is 0 Å². The highest BCUT2D eigenvalue weighted by Crippen LogP contribution is 2.27. The number of benzodiazepines with no additional fused rings is 1. The number of pyridine rings is 1. The van der Waals surface area contributed by atoms with Gasteiger partial charge in [-0.25, -0.2) is 0 Å². The molecule has 1 atom stereocenters. The molecular formula is C20H21N3O2. The molecule has 1 aromatic heterocycles. The summed E-state index contributed by atoms with van der Waals surface area (Å²) in [7, 11) is 1.69. The number of hydrogen-bond acceptors (Lipinski definition) is 4. The van der Waals surface area contributed by atoms with Gasteiger partial charge in [-0.1, -0.05) is 37.6 Å². The minimum Gasteiger partial charge on any atom is -0.313 e. The number of carbonyl (C=O) groups is 2. The Morgan fingerprint density at radius 3 is 2.64 bits per heavy atom. The monoisotopic (exact) mass is 335 g/mol. The van der Waals surface area contributed by atoms with Crippen LogP contribution >= 0.6 is 0 Å². The van der Waals surface area contributed by atoms with E-state index in [0.29, 0.717) is 17.8 Å². The standard InChI is InChI=1S/C20H21N3O2/c1-3-4-12-17(24)19-20(25)23(2)16-11-6-5-9-14(16)18(22-19)15-10-7-8-13-21-15/h5-11,13,19H,3-4,12H2,1-2H3. The lowest BCUT2D eigenvalue weighted by Crippen LogP contribution is -2.39. The fourth-order valence-corrected chi connectivity index (χ4v) is 2.93. The van der Waals surface area contributed by atoms with E-state index in [1.165, 1.54) is 4.90 Å². The number of anilines is 1. The molecule has 0 fully saturated rings. The first-order valence-corrected chi connectivity index (χ1v) is 8.52. The van der Waals surface area contributed by atoms with Gasteiger partial charge < -0.3 is 4.90 Å². The van der Waals surface area contributed by atoms with Crippen LogP contribution in [0.25, 0.3) is 0 Å². The minimum absolute atomic E-state index is 0.139. The molecular weight excluding hydrogens is 314 g/mol. The van der Waals surface area contributed by atoms with Crippen molar-refractivity contribution in [1.82, 2.24) is 4.98 Å². The molecule has 1 aromatic carbocycles. The predicted octanol–water partition coefficient (Wildman–Crippen LogP) is 3.02. The van der Waals surface area contributed by atoms with Crippen molar-refractivity contribution in [2.75, 3.05) is 11.9 Å². The van der Waals surface area contributed by atoms with Crippen molar-refractivity contribution in [1.29, 1.82) is 0 Å². The van der Waals surface area contributed by atoms with Gasteiger partial charge in [-0.15, -0.1) is 0 Å². The largest absolute Gasteiger partial charge is 0.313 e. The van der Waals surface area contributed by atoms with Crippen molar-refractivity contribution in [3.05, 3.63) is 59.9 Å². The van der Waals surface area contributed by atoms with Crippen molar-refractivity contribution in [2.24, 2.45) is 4.99 Å². The molecule has 2 heterocycles. The maximum Gasteiger partial charge on any atom is 0.259 e. The second-order valence-corrected chi connectivity index (χ2v) is 6.08. The van der Waals surface area contributed by atoms with E-state index in [1.807, 2.05) is 49.4 Å². The number of benzene rings is 1. The lowest BCUT2D eigenvalue weighted by Gasteiger charge is -2.19.